The van der Waals surface area contributed by atoms with E-state index in [-0.39, 0.29) is 11.7 Å². The zero-order valence-electron chi connectivity index (χ0n) is 20.8. The lowest BCUT2D eigenvalue weighted by Gasteiger charge is -2.24. The highest BCUT2D eigenvalue weighted by Gasteiger charge is 2.29. The molecular weight excluding hydrogens is 461 g/mol. The third kappa shape index (κ3) is 3.51. The predicted molar refractivity (Wildman–Crippen MR) is 147 cm³/mol. The molecule has 37 heavy (non-hydrogen) atoms. The Morgan fingerprint density at radius 3 is 2.57 bits per heavy atom. The summed E-state index contributed by atoms with van der Waals surface area (Å²) in [6.07, 6.45) is 8.15. The van der Waals surface area contributed by atoms with E-state index in [4.69, 9.17) is 5.73 Å². The summed E-state index contributed by atoms with van der Waals surface area (Å²) in [6.45, 7) is 0.890. The first-order valence-electron chi connectivity index (χ1n) is 13.5. The lowest BCUT2D eigenvalue weighted by Crippen LogP contribution is -2.10. The Kier molecular flexibility index (Phi) is 5.20. The topological polar surface area (TPSA) is 63.8 Å². The molecule has 0 saturated heterocycles. The number of hydrogen-bond acceptors (Lipinski definition) is 1. The van der Waals surface area contributed by atoms with E-state index in [2.05, 4.69) is 33.8 Å². The summed E-state index contributed by atoms with van der Waals surface area (Å²) in [4.78, 5) is 15.5. The lowest BCUT2D eigenvalue weighted by molar-refractivity contribution is 0.100. The van der Waals surface area contributed by atoms with E-state index < -0.39 is 0 Å². The molecule has 1 saturated carbocycles. The van der Waals surface area contributed by atoms with Crippen molar-refractivity contribution in [2.45, 2.75) is 57.4 Å². The maximum atomic E-state index is 14.6. The molecule has 3 N–H and O–H groups in total. The van der Waals surface area contributed by atoms with Crippen LogP contribution in [0.4, 0.5) is 4.39 Å². The first-order chi connectivity index (χ1) is 18.1. The van der Waals surface area contributed by atoms with Crippen molar-refractivity contribution in [1.82, 2.24) is 9.55 Å². The van der Waals surface area contributed by atoms with Crippen LogP contribution in [0.3, 0.4) is 0 Å². The second kappa shape index (κ2) is 8.62. The molecule has 5 heteroatoms. The summed E-state index contributed by atoms with van der Waals surface area (Å²) in [5.74, 6) is -0.0979. The molecule has 4 nitrogen and oxygen atoms in total. The van der Waals surface area contributed by atoms with Crippen molar-refractivity contribution in [2.24, 2.45) is 5.73 Å². The Morgan fingerprint density at radius 1 is 0.919 bits per heavy atom. The van der Waals surface area contributed by atoms with E-state index in [0.29, 0.717) is 17.0 Å². The third-order valence-electron chi connectivity index (χ3n) is 8.54. The van der Waals surface area contributed by atoms with Crippen LogP contribution in [0.25, 0.3) is 44.3 Å². The number of nitrogens with one attached hydrogen (secondary N) is 1. The summed E-state index contributed by atoms with van der Waals surface area (Å²) in [7, 11) is 0. The molecule has 7 rings (SSSR count). The Morgan fingerprint density at radius 2 is 1.76 bits per heavy atom. The number of H-pyrrole nitrogens is 1. The highest BCUT2D eigenvalue weighted by molar-refractivity contribution is 6.02. The summed E-state index contributed by atoms with van der Waals surface area (Å²) in [6, 6.07) is 19.4. The molecule has 0 spiro atoms. The monoisotopic (exact) mass is 491 g/mol. The number of carbonyl (C=O) groups is 1. The molecule has 5 aromatic rings. The number of rotatable bonds is 3. The minimum atomic E-state index is -0.389. The Labute approximate surface area is 215 Å². The van der Waals surface area contributed by atoms with Crippen LogP contribution >= 0.6 is 0 Å². The van der Waals surface area contributed by atoms with Gasteiger partial charge in [0.1, 0.15) is 5.82 Å². The van der Waals surface area contributed by atoms with Crippen LogP contribution in [0.15, 0.2) is 60.7 Å². The van der Waals surface area contributed by atoms with E-state index in [9.17, 15) is 9.18 Å². The van der Waals surface area contributed by atoms with E-state index in [1.165, 1.54) is 71.3 Å². The van der Waals surface area contributed by atoms with Crippen LogP contribution in [-0.4, -0.2) is 15.5 Å². The number of aromatic amines is 1. The van der Waals surface area contributed by atoms with Gasteiger partial charge in [0.25, 0.3) is 0 Å². The highest BCUT2D eigenvalue weighted by Crippen LogP contribution is 2.47. The smallest absolute Gasteiger partial charge is 0.248 e. The SMILES string of the molecule is NC(=O)c1ccc2c(C3CCCCC3)c3n(c2c1)CCCc1c-3ccc2[nH]c(-c3ccccc3F)cc12. The predicted octanol–water partition coefficient (Wildman–Crippen LogP) is 7.69. The Balaban J connectivity index is 1.50. The zero-order valence-corrected chi connectivity index (χ0v) is 20.8. The second-order valence-corrected chi connectivity index (χ2v) is 10.7. The van der Waals surface area contributed by atoms with Crippen molar-refractivity contribution in [3.63, 3.8) is 0 Å². The van der Waals surface area contributed by atoms with Gasteiger partial charge in [0.05, 0.1) is 5.69 Å². The first-order valence-corrected chi connectivity index (χ1v) is 13.5. The molecule has 0 atom stereocenters. The minimum Gasteiger partial charge on any atom is -0.366 e. The molecule has 2 aliphatic rings. The maximum Gasteiger partial charge on any atom is 0.248 e. The van der Waals surface area contributed by atoms with Crippen LogP contribution in [0.5, 0.6) is 0 Å². The van der Waals surface area contributed by atoms with Crippen molar-refractivity contribution >= 4 is 27.7 Å². The Bertz CT molecular complexity index is 1690. The zero-order chi connectivity index (χ0) is 25.1. The standard InChI is InChI=1S/C32H30FN3O/c33-26-11-5-4-9-23(26)28-18-25-21-10-6-16-36-29-17-20(32(34)37)12-13-24(29)30(19-7-2-1-3-8-19)31(36)22(21)14-15-27(25)35-28/h4-5,9,11-15,17-19,35H,1-3,6-8,10,16H2,(H2,34,37). The van der Waals surface area contributed by atoms with Crippen LogP contribution in [-0.2, 0) is 13.0 Å². The fourth-order valence-electron chi connectivity index (χ4n) is 6.85. The number of aromatic nitrogens is 2. The number of nitrogens with zero attached hydrogens (tertiary/aromatic N) is 1. The molecule has 0 radical (unpaired) electrons. The molecule has 2 aromatic heterocycles. The quantitative estimate of drug-likeness (QED) is 0.267. The van der Waals surface area contributed by atoms with Crippen molar-refractivity contribution in [3.8, 4) is 22.5 Å². The number of hydrogen-bond donors (Lipinski definition) is 2. The average Bonchev–Trinajstić information content (AvgIpc) is 3.43. The van der Waals surface area contributed by atoms with E-state index in [1.807, 2.05) is 24.3 Å². The van der Waals surface area contributed by atoms with Gasteiger partial charge in [0.2, 0.25) is 5.91 Å². The van der Waals surface area contributed by atoms with Gasteiger partial charge in [-0.3, -0.25) is 4.79 Å². The number of benzene rings is 3. The number of carbonyl (C=O) groups excluding carboxylic acids is 1. The van der Waals surface area contributed by atoms with Crippen LogP contribution in [0.1, 0.15) is 65.9 Å². The highest BCUT2D eigenvalue weighted by atomic mass is 19.1. The average molecular weight is 492 g/mol. The molecule has 1 amide bonds. The van der Waals surface area contributed by atoms with Gasteiger partial charge in [-0.2, -0.15) is 0 Å². The Hall–Kier alpha value is -3.86. The normalized spacial score (nSPS) is 16.0. The number of nitrogens with two attached hydrogens (primary N) is 1. The number of fused-ring (bicyclic) bond motifs is 7. The van der Waals surface area contributed by atoms with Crippen LogP contribution in [0, 0.1) is 5.82 Å². The fourth-order valence-corrected chi connectivity index (χ4v) is 6.85. The van der Waals surface area contributed by atoms with Gasteiger partial charge in [0.15, 0.2) is 0 Å². The summed E-state index contributed by atoms with van der Waals surface area (Å²) >= 11 is 0. The second-order valence-electron chi connectivity index (χ2n) is 10.7. The summed E-state index contributed by atoms with van der Waals surface area (Å²) in [5.41, 5.74) is 15.1. The van der Waals surface area contributed by atoms with Gasteiger partial charge in [-0.15, -0.1) is 0 Å². The number of primary amides is 1. The molecule has 3 heterocycles. The summed E-state index contributed by atoms with van der Waals surface area (Å²) < 4.78 is 17.1. The van der Waals surface area contributed by atoms with E-state index >= 15 is 0 Å². The van der Waals surface area contributed by atoms with Gasteiger partial charge in [-0.1, -0.05) is 43.5 Å². The molecule has 3 aromatic carbocycles. The van der Waals surface area contributed by atoms with Crippen molar-refractivity contribution in [1.29, 1.82) is 0 Å². The number of amides is 1. The molecule has 1 aliphatic heterocycles. The first kappa shape index (κ1) is 22.3. The number of aryl methyl sites for hydroxylation is 2. The minimum absolute atomic E-state index is 0.217. The van der Waals surface area contributed by atoms with Gasteiger partial charge >= 0.3 is 0 Å². The molecule has 1 fully saturated rings. The van der Waals surface area contributed by atoms with E-state index in [0.717, 1.165) is 36.1 Å². The van der Waals surface area contributed by atoms with Gasteiger partial charge in [-0.05, 0) is 79.1 Å². The summed E-state index contributed by atoms with van der Waals surface area (Å²) in [5, 5.41) is 2.42. The van der Waals surface area contributed by atoms with Gasteiger partial charge < -0.3 is 15.3 Å². The van der Waals surface area contributed by atoms with Crippen molar-refractivity contribution < 1.29 is 9.18 Å². The molecule has 0 bridgehead atoms. The third-order valence-corrected chi connectivity index (χ3v) is 8.54. The molecule has 0 unspecified atom stereocenters. The van der Waals surface area contributed by atoms with Gasteiger partial charge in [0, 0.05) is 50.7 Å². The molecular formula is C32H30FN3O. The molecule has 186 valence electrons. The number of halogens is 1. The fraction of sp³-hybridized carbons (Fsp3) is 0.281. The largest absolute Gasteiger partial charge is 0.366 e. The van der Waals surface area contributed by atoms with Crippen molar-refractivity contribution in [3.05, 3.63) is 83.2 Å². The van der Waals surface area contributed by atoms with E-state index in [1.54, 1.807) is 6.07 Å². The maximum absolute atomic E-state index is 14.6. The van der Waals surface area contributed by atoms with Crippen LogP contribution in [0.2, 0.25) is 0 Å². The lowest BCUT2D eigenvalue weighted by atomic mass is 9.81. The van der Waals surface area contributed by atoms with Crippen molar-refractivity contribution in [2.75, 3.05) is 0 Å². The molecule has 1 aliphatic carbocycles. The van der Waals surface area contributed by atoms with Gasteiger partial charge in [-0.25, -0.2) is 4.39 Å². The van der Waals surface area contributed by atoms with Crippen LogP contribution < -0.4 is 5.73 Å².